The molecule has 0 aliphatic heterocycles. The molecule has 0 saturated carbocycles. The number of sulfonamides is 1. The summed E-state index contributed by atoms with van der Waals surface area (Å²) >= 11 is 0. The van der Waals surface area contributed by atoms with Crippen LogP contribution in [-0.4, -0.2) is 38.1 Å². The molecule has 164 valence electrons. The van der Waals surface area contributed by atoms with Crippen LogP contribution < -0.4 is 9.62 Å². The van der Waals surface area contributed by atoms with Crippen molar-refractivity contribution in [2.24, 2.45) is 0 Å². The molecule has 0 fully saturated rings. The highest BCUT2D eigenvalue weighted by molar-refractivity contribution is 7.92. The van der Waals surface area contributed by atoms with Crippen LogP contribution in [0.25, 0.3) is 0 Å². The standard InChI is InChI=1S/C22H26N4O4S/c1-16(2)21-24-20(30-25-21)13-8-14-23-22(27)17-9-7-12-19(15-17)31(28,29)26(3)18-10-5-4-6-11-18/h4-7,9-12,15-16H,8,13-14H2,1-3H3,(H,23,27). The van der Waals surface area contributed by atoms with Crippen LogP contribution in [-0.2, 0) is 16.4 Å². The summed E-state index contributed by atoms with van der Waals surface area (Å²) < 4.78 is 32.3. The lowest BCUT2D eigenvalue weighted by atomic mass is 10.2. The Labute approximate surface area is 182 Å². The summed E-state index contributed by atoms with van der Waals surface area (Å²) in [6.07, 6.45) is 1.18. The fourth-order valence-corrected chi connectivity index (χ4v) is 4.12. The van der Waals surface area contributed by atoms with Crippen molar-refractivity contribution < 1.29 is 17.7 Å². The van der Waals surface area contributed by atoms with E-state index >= 15 is 0 Å². The minimum Gasteiger partial charge on any atom is -0.352 e. The van der Waals surface area contributed by atoms with E-state index in [1.54, 1.807) is 36.4 Å². The Morgan fingerprint density at radius 2 is 1.87 bits per heavy atom. The van der Waals surface area contributed by atoms with E-state index < -0.39 is 10.0 Å². The lowest BCUT2D eigenvalue weighted by Gasteiger charge is -2.19. The van der Waals surface area contributed by atoms with Gasteiger partial charge in [0.05, 0.1) is 10.6 Å². The van der Waals surface area contributed by atoms with Crippen molar-refractivity contribution in [3.63, 3.8) is 0 Å². The number of nitrogens with zero attached hydrogens (tertiary/aromatic N) is 3. The molecule has 1 heterocycles. The molecule has 9 heteroatoms. The molecular formula is C22H26N4O4S. The number of nitrogens with one attached hydrogen (secondary N) is 1. The topological polar surface area (TPSA) is 105 Å². The monoisotopic (exact) mass is 442 g/mol. The molecule has 0 unspecified atom stereocenters. The number of para-hydroxylation sites is 1. The van der Waals surface area contributed by atoms with Crippen LogP contribution in [0.4, 0.5) is 5.69 Å². The summed E-state index contributed by atoms with van der Waals surface area (Å²) in [7, 11) is -2.30. The second kappa shape index (κ2) is 9.74. The molecule has 8 nitrogen and oxygen atoms in total. The van der Waals surface area contributed by atoms with E-state index in [1.165, 1.54) is 23.5 Å². The summed E-state index contributed by atoms with van der Waals surface area (Å²) in [5, 5.41) is 6.71. The van der Waals surface area contributed by atoms with Crippen molar-refractivity contribution in [1.29, 1.82) is 0 Å². The molecule has 1 N–H and O–H groups in total. The van der Waals surface area contributed by atoms with E-state index in [2.05, 4.69) is 15.5 Å². The Balaban J connectivity index is 1.60. The zero-order valence-electron chi connectivity index (χ0n) is 17.8. The largest absolute Gasteiger partial charge is 0.352 e. The van der Waals surface area contributed by atoms with Gasteiger partial charge in [-0.1, -0.05) is 43.3 Å². The molecule has 2 aromatic carbocycles. The molecule has 0 radical (unpaired) electrons. The van der Waals surface area contributed by atoms with Crippen LogP contribution in [0.2, 0.25) is 0 Å². The third-order valence-electron chi connectivity index (χ3n) is 4.73. The smallest absolute Gasteiger partial charge is 0.264 e. The number of rotatable bonds is 9. The van der Waals surface area contributed by atoms with Crippen LogP contribution >= 0.6 is 0 Å². The van der Waals surface area contributed by atoms with Crippen molar-refractivity contribution >= 4 is 21.6 Å². The quantitative estimate of drug-likeness (QED) is 0.509. The summed E-state index contributed by atoms with van der Waals surface area (Å²) in [4.78, 5) is 16.9. The number of anilines is 1. The third-order valence-corrected chi connectivity index (χ3v) is 6.51. The van der Waals surface area contributed by atoms with Crippen LogP contribution in [0.15, 0.2) is 64.0 Å². The number of carbonyl (C=O) groups is 1. The van der Waals surface area contributed by atoms with Crippen LogP contribution in [0.5, 0.6) is 0 Å². The zero-order valence-corrected chi connectivity index (χ0v) is 18.6. The third kappa shape index (κ3) is 5.49. The van der Waals surface area contributed by atoms with Gasteiger partial charge in [0.2, 0.25) is 5.89 Å². The van der Waals surface area contributed by atoms with E-state index in [-0.39, 0.29) is 22.3 Å². The van der Waals surface area contributed by atoms with Gasteiger partial charge in [0.15, 0.2) is 5.82 Å². The highest BCUT2D eigenvalue weighted by Gasteiger charge is 2.22. The molecule has 0 aliphatic carbocycles. The Morgan fingerprint density at radius 1 is 1.13 bits per heavy atom. The van der Waals surface area contributed by atoms with Gasteiger partial charge in [-0.15, -0.1) is 0 Å². The Kier molecular flexibility index (Phi) is 7.06. The summed E-state index contributed by atoms with van der Waals surface area (Å²) in [6.45, 7) is 4.38. The first-order chi connectivity index (χ1) is 14.8. The summed E-state index contributed by atoms with van der Waals surface area (Å²) in [6, 6.07) is 14.8. The average Bonchev–Trinajstić information content (AvgIpc) is 3.26. The number of carbonyl (C=O) groups excluding carboxylic acids is 1. The van der Waals surface area contributed by atoms with Gasteiger partial charge >= 0.3 is 0 Å². The number of aryl methyl sites for hydroxylation is 1. The number of hydrogen-bond donors (Lipinski definition) is 1. The number of hydrogen-bond acceptors (Lipinski definition) is 6. The van der Waals surface area contributed by atoms with E-state index in [4.69, 9.17) is 4.52 Å². The average molecular weight is 443 g/mol. The molecule has 0 bridgehead atoms. The molecule has 0 saturated heterocycles. The Hall–Kier alpha value is -3.20. The second-order valence-corrected chi connectivity index (χ2v) is 9.37. The van der Waals surface area contributed by atoms with Crippen molar-refractivity contribution in [3.8, 4) is 0 Å². The van der Waals surface area contributed by atoms with Crippen molar-refractivity contribution in [3.05, 3.63) is 71.9 Å². The van der Waals surface area contributed by atoms with Crippen LogP contribution in [0.1, 0.15) is 48.3 Å². The van der Waals surface area contributed by atoms with Crippen molar-refractivity contribution in [2.75, 3.05) is 17.9 Å². The molecule has 3 rings (SSSR count). The summed E-state index contributed by atoms with van der Waals surface area (Å²) in [5.41, 5.74) is 0.821. The maximum absolute atomic E-state index is 12.9. The van der Waals surface area contributed by atoms with E-state index in [9.17, 15) is 13.2 Å². The first-order valence-corrected chi connectivity index (χ1v) is 11.5. The highest BCUT2D eigenvalue weighted by Crippen LogP contribution is 2.22. The predicted molar refractivity (Wildman–Crippen MR) is 118 cm³/mol. The number of aromatic nitrogens is 2. The van der Waals surface area contributed by atoms with Crippen LogP contribution in [0, 0.1) is 0 Å². The van der Waals surface area contributed by atoms with Gasteiger partial charge in [0.1, 0.15) is 0 Å². The predicted octanol–water partition coefficient (Wildman–Crippen LogP) is 3.38. The van der Waals surface area contributed by atoms with E-state index in [0.29, 0.717) is 36.8 Å². The molecule has 1 aromatic heterocycles. The first kappa shape index (κ1) is 22.5. The highest BCUT2D eigenvalue weighted by atomic mass is 32.2. The molecule has 3 aromatic rings. The Bertz CT molecular complexity index is 1130. The lowest BCUT2D eigenvalue weighted by molar-refractivity contribution is 0.0952. The van der Waals surface area contributed by atoms with Gasteiger partial charge in [-0.25, -0.2) is 8.42 Å². The molecular weight excluding hydrogens is 416 g/mol. The van der Waals surface area contributed by atoms with E-state index in [0.717, 1.165) is 0 Å². The van der Waals surface area contributed by atoms with Gasteiger partial charge < -0.3 is 9.84 Å². The fourth-order valence-electron chi connectivity index (χ4n) is 2.88. The SMILES string of the molecule is CC(C)c1noc(CCCNC(=O)c2cccc(S(=O)(=O)N(C)c3ccccc3)c2)n1. The normalized spacial score (nSPS) is 11.5. The van der Waals surface area contributed by atoms with Crippen LogP contribution in [0.3, 0.4) is 0 Å². The minimum absolute atomic E-state index is 0.0542. The fraction of sp³-hybridized carbons (Fsp3) is 0.318. The number of amides is 1. The van der Waals surface area contributed by atoms with Gasteiger partial charge in [-0.05, 0) is 36.8 Å². The molecule has 31 heavy (non-hydrogen) atoms. The van der Waals surface area contributed by atoms with Gasteiger partial charge in [0.25, 0.3) is 15.9 Å². The first-order valence-electron chi connectivity index (χ1n) is 10.0. The van der Waals surface area contributed by atoms with Crippen molar-refractivity contribution in [1.82, 2.24) is 15.5 Å². The second-order valence-electron chi connectivity index (χ2n) is 7.40. The van der Waals surface area contributed by atoms with Crippen molar-refractivity contribution in [2.45, 2.75) is 37.5 Å². The molecule has 0 atom stereocenters. The molecule has 1 amide bonds. The molecule has 0 spiro atoms. The Morgan fingerprint density at radius 3 is 2.55 bits per heavy atom. The molecule has 0 aliphatic rings. The maximum atomic E-state index is 12.9. The zero-order chi connectivity index (χ0) is 22.4. The van der Waals surface area contributed by atoms with E-state index in [1.807, 2.05) is 19.9 Å². The van der Waals surface area contributed by atoms with Gasteiger partial charge in [0, 0.05) is 31.5 Å². The van der Waals surface area contributed by atoms with Gasteiger partial charge in [-0.3, -0.25) is 9.10 Å². The maximum Gasteiger partial charge on any atom is 0.264 e. The number of benzene rings is 2. The van der Waals surface area contributed by atoms with Gasteiger partial charge in [-0.2, -0.15) is 4.98 Å². The summed E-state index contributed by atoms with van der Waals surface area (Å²) in [5.74, 6) is 1.06. The minimum atomic E-state index is -3.79. The lowest BCUT2D eigenvalue weighted by Crippen LogP contribution is -2.28.